The monoisotopic (exact) mass is 272 g/mol. The summed E-state index contributed by atoms with van der Waals surface area (Å²) in [6.45, 7) is 6.18. The molecule has 0 unspecified atom stereocenters. The highest BCUT2D eigenvalue weighted by Gasteiger charge is 2.00. The Morgan fingerprint density at radius 2 is 2.27 bits per heavy atom. The van der Waals surface area contributed by atoms with Crippen LogP contribution in [0.3, 0.4) is 0 Å². The van der Waals surface area contributed by atoms with E-state index in [1.54, 1.807) is 0 Å². The minimum Gasteiger partial charge on any atom is -0.379 e. The second kappa shape index (κ2) is 6.84. The molecule has 0 bridgehead atoms. The van der Waals surface area contributed by atoms with Gasteiger partial charge in [0.15, 0.2) is 0 Å². The Bertz CT molecular complexity index is 117. The molecule has 0 saturated heterocycles. The van der Waals surface area contributed by atoms with Gasteiger partial charge in [-0.25, -0.2) is 4.79 Å². The van der Waals surface area contributed by atoms with Crippen molar-refractivity contribution in [1.82, 2.24) is 5.32 Å². The highest BCUT2D eigenvalue weighted by atomic mass is 127. The summed E-state index contributed by atoms with van der Waals surface area (Å²) in [4.78, 5) is 10.4. The SMILES string of the molecule is CC(C)COCCNC(=O)[IH+]. The molecule has 1 N–H and O–H groups in total. The van der Waals surface area contributed by atoms with Gasteiger partial charge in [0.25, 0.3) is 0 Å². The van der Waals surface area contributed by atoms with Gasteiger partial charge in [-0.1, -0.05) is 13.8 Å². The first kappa shape index (κ1) is 11.2. The molecule has 1 amide bonds. The number of hydrogen-bond donors (Lipinski definition) is 1. The number of carbonyl (C=O) groups is 1. The fraction of sp³-hybridized carbons (Fsp3) is 0.857. The van der Waals surface area contributed by atoms with Gasteiger partial charge in [-0.05, 0) is 5.92 Å². The number of halogens is 1. The second-order valence-corrected chi connectivity index (χ2v) is 3.74. The summed E-state index contributed by atoms with van der Waals surface area (Å²) in [5, 5.41) is 2.66. The summed E-state index contributed by atoms with van der Waals surface area (Å²) in [6, 6.07) is 0. The summed E-state index contributed by atoms with van der Waals surface area (Å²) < 4.78 is 5.24. The molecule has 0 atom stereocenters. The van der Waals surface area contributed by atoms with E-state index in [9.17, 15) is 4.79 Å². The minimum absolute atomic E-state index is 0.00828. The van der Waals surface area contributed by atoms with E-state index in [0.29, 0.717) is 19.1 Å². The van der Waals surface area contributed by atoms with Crippen LogP contribution in [0.1, 0.15) is 13.8 Å². The van der Waals surface area contributed by atoms with Crippen molar-refractivity contribution >= 4 is 3.91 Å². The topological polar surface area (TPSA) is 38.3 Å². The largest absolute Gasteiger partial charge is 0.455 e. The predicted molar refractivity (Wildman–Crippen MR) is 40.5 cm³/mol. The number of nitrogens with one attached hydrogen (secondary N) is 1. The van der Waals surface area contributed by atoms with Crippen LogP contribution in [0, 0.1) is 5.92 Å². The average Bonchev–Trinajstić information content (AvgIpc) is 1.85. The number of hydrogen-bond acceptors (Lipinski definition) is 2. The maximum absolute atomic E-state index is 10.4. The summed E-state index contributed by atoms with van der Waals surface area (Å²) in [5.41, 5.74) is 0. The van der Waals surface area contributed by atoms with Crippen LogP contribution in [-0.4, -0.2) is 23.7 Å². The zero-order chi connectivity index (χ0) is 8.69. The summed E-state index contributed by atoms with van der Waals surface area (Å²) in [7, 11) is 0. The van der Waals surface area contributed by atoms with Crippen molar-refractivity contribution in [3.05, 3.63) is 0 Å². The number of rotatable bonds is 5. The lowest BCUT2D eigenvalue weighted by atomic mass is 10.2. The van der Waals surface area contributed by atoms with Crippen molar-refractivity contribution in [3.8, 4) is 0 Å². The molecule has 0 spiro atoms. The summed E-state index contributed by atoms with van der Waals surface area (Å²) in [5.74, 6) is 0.563. The van der Waals surface area contributed by atoms with Gasteiger partial charge in [0.2, 0.25) is 0 Å². The van der Waals surface area contributed by atoms with Crippen LogP contribution in [-0.2, 0) is 4.74 Å². The van der Waals surface area contributed by atoms with Crippen LogP contribution in [0.25, 0.3) is 0 Å². The third kappa shape index (κ3) is 10.2. The van der Waals surface area contributed by atoms with Gasteiger partial charge in [0.05, 0.1) is 6.61 Å². The lowest BCUT2D eigenvalue weighted by molar-refractivity contribution is -0.250. The van der Waals surface area contributed by atoms with Crippen molar-refractivity contribution in [1.29, 1.82) is 0 Å². The van der Waals surface area contributed by atoms with Gasteiger partial charge < -0.3 is 10.1 Å². The Kier molecular flexibility index (Phi) is 6.94. The van der Waals surface area contributed by atoms with E-state index in [1.165, 1.54) is 22.6 Å². The maximum atomic E-state index is 10.4. The third-order valence-corrected chi connectivity index (χ3v) is 1.38. The first-order chi connectivity index (χ1) is 5.13. The Morgan fingerprint density at radius 1 is 1.64 bits per heavy atom. The fourth-order valence-corrected chi connectivity index (χ4v) is 0.836. The number of amides is 1. The Hall–Kier alpha value is 0.160. The molecule has 0 aliphatic heterocycles. The minimum atomic E-state index is 0.00828. The molecule has 66 valence electrons. The van der Waals surface area contributed by atoms with E-state index in [1.807, 2.05) is 0 Å². The molecule has 0 rings (SSSR count). The van der Waals surface area contributed by atoms with Crippen molar-refractivity contribution in [2.24, 2.45) is 5.92 Å². The highest BCUT2D eigenvalue weighted by molar-refractivity contribution is 5.61. The zero-order valence-corrected chi connectivity index (χ0v) is 9.25. The first-order valence-corrected chi connectivity index (χ1v) is 4.82. The van der Waals surface area contributed by atoms with Crippen molar-refractivity contribution in [2.75, 3.05) is 19.8 Å². The van der Waals surface area contributed by atoms with E-state index >= 15 is 0 Å². The van der Waals surface area contributed by atoms with Gasteiger partial charge >= 0.3 is 26.5 Å². The van der Waals surface area contributed by atoms with E-state index in [-0.39, 0.29) is 3.91 Å². The van der Waals surface area contributed by atoms with Crippen LogP contribution in [0.15, 0.2) is 0 Å². The van der Waals surface area contributed by atoms with Crippen molar-refractivity contribution in [3.63, 3.8) is 0 Å². The molecule has 0 heterocycles. The lowest BCUT2D eigenvalue weighted by Crippen LogP contribution is -3.39. The second-order valence-electron chi connectivity index (χ2n) is 2.68. The highest BCUT2D eigenvalue weighted by Crippen LogP contribution is 1.90. The molecule has 0 radical (unpaired) electrons. The molecular formula is C7H15INO2+. The fourth-order valence-electron chi connectivity index (χ4n) is 0.544. The Labute approximate surface area is 81.0 Å². The van der Waals surface area contributed by atoms with Crippen LogP contribution in [0.4, 0.5) is 4.79 Å². The zero-order valence-electron chi connectivity index (χ0n) is 6.92. The molecule has 0 fully saturated rings. The van der Waals surface area contributed by atoms with Crippen LogP contribution in [0.5, 0.6) is 0 Å². The Balaban J connectivity index is 2.97. The molecule has 0 aromatic rings. The maximum Gasteiger partial charge on any atom is 0.455 e. The average molecular weight is 272 g/mol. The quantitative estimate of drug-likeness (QED) is 0.263. The standard InChI is InChI=1S/C7H14INO2/c1-6(2)5-11-4-3-9-7(8)10/h6,8H,3-5H2,1-2H3/p+1. The van der Waals surface area contributed by atoms with Gasteiger partial charge in [0.1, 0.15) is 0 Å². The van der Waals surface area contributed by atoms with Gasteiger partial charge in [0, 0.05) is 13.2 Å². The molecular weight excluding hydrogens is 257 g/mol. The summed E-state index contributed by atoms with van der Waals surface area (Å²) in [6.07, 6.45) is 0. The van der Waals surface area contributed by atoms with Gasteiger partial charge in [-0.3, -0.25) is 0 Å². The molecule has 0 saturated carbocycles. The van der Waals surface area contributed by atoms with Gasteiger partial charge in [-0.2, -0.15) is 0 Å². The molecule has 4 heteroatoms. The van der Waals surface area contributed by atoms with E-state index in [4.69, 9.17) is 4.74 Å². The van der Waals surface area contributed by atoms with E-state index in [0.717, 1.165) is 6.61 Å². The molecule has 0 aromatic heterocycles. The van der Waals surface area contributed by atoms with Crippen molar-refractivity contribution in [2.45, 2.75) is 13.8 Å². The van der Waals surface area contributed by atoms with E-state index < -0.39 is 0 Å². The van der Waals surface area contributed by atoms with Crippen LogP contribution >= 0.6 is 0 Å². The molecule has 3 nitrogen and oxygen atoms in total. The predicted octanol–water partition coefficient (Wildman–Crippen LogP) is -2.35. The normalized spacial score (nSPS) is 10.2. The van der Waals surface area contributed by atoms with E-state index in [2.05, 4.69) is 19.2 Å². The van der Waals surface area contributed by atoms with Crippen LogP contribution in [0.2, 0.25) is 0 Å². The van der Waals surface area contributed by atoms with Crippen LogP contribution < -0.4 is 27.9 Å². The lowest BCUT2D eigenvalue weighted by Gasteiger charge is -2.04. The molecule has 0 aliphatic carbocycles. The number of carbonyl (C=O) groups excluding carboxylic acids is 1. The Morgan fingerprint density at radius 3 is 2.73 bits per heavy atom. The molecule has 11 heavy (non-hydrogen) atoms. The summed E-state index contributed by atoms with van der Waals surface area (Å²) >= 11 is 1.44. The molecule has 0 aromatic carbocycles. The van der Waals surface area contributed by atoms with Gasteiger partial charge in [-0.15, -0.1) is 0 Å². The first-order valence-electron chi connectivity index (χ1n) is 3.65. The third-order valence-electron chi connectivity index (χ3n) is 0.967. The molecule has 0 aliphatic rings. The number of ether oxygens (including phenoxy) is 1. The smallest absolute Gasteiger partial charge is 0.379 e. The van der Waals surface area contributed by atoms with Crippen molar-refractivity contribution < 1.29 is 32.1 Å².